The lowest BCUT2D eigenvalue weighted by molar-refractivity contribution is 0.108. The molecule has 0 bridgehead atoms. The Hall–Kier alpha value is -1.55. The van der Waals surface area contributed by atoms with Crippen molar-refractivity contribution in [3.63, 3.8) is 0 Å². The van der Waals surface area contributed by atoms with Gasteiger partial charge in [0.15, 0.2) is 0 Å². The molecular formula is C14H22N2O2. The highest BCUT2D eigenvalue weighted by Crippen LogP contribution is 2.03. The number of ether oxygens (including phenoxy) is 1. The maximum Gasteiger partial charge on any atom is 0.319 e. The van der Waals surface area contributed by atoms with Crippen molar-refractivity contribution >= 4 is 11.7 Å². The number of carbonyl (C=O) groups excluding carboxylic acids is 1. The summed E-state index contributed by atoms with van der Waals surface area (Å²) in [5.41, 5.74) is 0.797. The van der Waals surface area contributed by atoms with Crippen LogP contribution in [0.4, 0.5) is 10.5 Å². The van der Waals surface area contributed by atoms with Gasteiger partial charge in [0.2, 0.25) is 0 Å². The fraction of sp³-hybridized carbons (Fsp3) is 0.500. The van der Waals surface area contributed by atoms with E-state index in [0.29, 0.717) is 19.1 Å². The molecule has 0 fully saturated rings. The van der Waals surface area contributed by atoms with Gasteiger partial charge >= 0.3 is 6.03 Å². The summed E-state index contributed by atoms with van der Waals surface area (Å²) in [5.74, 6) is 0.555. The highest BCUT2D eigenvalue weighted by molar-refractivity contribution is 5.89. The maximum absolute atomic E-state index is 11.5. The van der Waals surface area contributed by atoms with Crippen LogP contribution in [0.3, 0.4) is 0 Å². The number of urea groups is 1. The van der Waals surface area contributed by atoms with Crippen LogP contribution in [0.1, 0.15) is 20.3 Å². The molecule has 1 aromatic rings. The molecule has 2 amide bonds. The predicted molar refractivity (Wildman–Crippen MR) is 73.7 cm³/mol. The molecule has 100 valence electrons. The normalized spacial score (nSPS) is 10.4. The largest absolute Gasteiger partial charge is 0.381 e. The zero-order chi connectivity index (χ0) is 13.2. The van der Waals surface area contributed by atoms with Gasteiger partial charge in [-0.2, -0.15) is 0 Å². The summed E-state index contributed by atoms with van der Waals surface area (Å²) in [7, 11) is 0. The molecule has 0 aliphatic rings. The van der Waals surface area contributed by atoms with Gasteiger partial charge in [0.05, 0.1) is 0 Å². The van der Waals surface area contributed by atoms with E-state index < -0.39 is 0 Å². The van der Waals surface area contributed by atoms with Crippen molar-refractivity contribution in [2.75, 3.05) is 25.1 Å². The molecule has 0 aromatic heterocycles. The number of benzene rings is 1. The molecule has 0 unspecified atom stereocenters. The molecule has 0 heterocycles. The summed E-state index contributed by atoms with van der Waals surface area (Å²) in [5, 5.41) is 5.55. The molecule has 1 rings (SSSR count). The Labute approximate surface area is 109 Å². The van der Waals surface area contributed by atoms with Gasteiger partial charge in [0.1, 0.15) is 0 Å². The molecule has 0 spiro atoms. The molecule has 4 nitrogen and oxygen atoms in total. The van der Waals surface area contributed by atoms with Gasteiger partial charge in [-0.05, 0) is 24.5 Å². The second-order valence-electron chi connectivity index (χ2n) is 4.57. The minimum Gasteiger partial charge on any atom is -0.381 e. The highest BCUT2D eigenvalue weighted by atomic mass is 16.5. The minimum atomic E-state index is -0.176. The number of nitrogens with one attached hydrogen (secondary N) is 2. The third-order valence-corrected chi connectivity index (χ3v) is 2.23. The average molecular weight is 250 g/mol. The first-order chi connectivity index (χ1) is 8.68. The minimum absolute atomic E-state index is 0.176. The van der Waals surface area contributed by atoms with Gasteiger partial charge in [0.25, 0.3) is 0 Å². The van der Waals surface area contributed by atoms with Crippen molar-refractivity contribution in [1.82, 2.24) is 5.32 Å². The van der Waals surface area contributed by atoms with E-state index in [2.05, 4.69) is 24.5 Å². The zero-order valence-electron chi connectivity index (χ0n) is 11.1. The van der Waals surface area contributed by atoms with E-state index in [1.165, 1.54) is 0 Å². The van der Waals surface area contributed by atoms with Gasteiger partial charge in [-0.1, -0.05) is 32.0 Å². The molecule has 2 N–H and O–H groups in total. The van der Waals surface area contributed by atoms with Crippen LogP contribution in [-0.4, -0.2) is 25.8 Å². The van der Waals surface area contributed by atoms with E-state index in [0.717, 1.165) is 18.7 Å². The number of rotatable bonds is 7. The van der Waals surface area contributed by atoms with E-state index in [1.54, 1.807) is 0 Å². The first kappa shape index (κ1) is 14.5. The third-order valence-electron chi connectivity index (χ3n) is 2.23. The summed E-state index contributed by atoms with van der Waals surface area (Å²) in [6, 6.07) is 9.21. The molecule has 0 aliphatic carbocycles. The number of hydrogen-bond acceptors (Lipinski definition) is 2. The van der Waals surface area contributed by atoms with Crippen LogP contribution in [0.5, 0.6) is 0 Å². The summed E-state index contributed by atoms with van der Waals surface area (Å²) < 4.78 is 5.42. The zero-order valence-corrected chi connectivity index (χ0v) is 11.1. The molecule has 4 heteroatoms. The second kappa shape index (κ2) is 8.53. The molecule has 0 saturated carbocycles. The molecule has 0 atom stereocenters. The Bertz CT molecular complexity index is 339. The lowest BCUT2D eigenvalue weighted by Crippen LogP contribution is -2.30. The average Bonchev–Trinajstić information content (AvgIpc) is 2.34. The highest BCUT2D eigenvalue weighted by Gasteiger charge is 2.00. The molecular weight excluding hydrogens is 228 g/mol. The van der Waals surface area contributed by atoms with Gasteiger partial charge in [-0.25, -0.2) is 4.79 Å². The van der Waals surface area contributed by atoms with Crippen LogP contribution in [0, 0.1) is 5.92 Å². The molecule has 1 aromatic carbocycles. The first-order valence-corrected chi connectivity index (χ1v) is 6.36. The summed E-state index contributed by atoms with van der Waals surface area (Å²) in [4.78, 5) is 11.5. The van der Waals surface area contributed by atoms with Crippen molar-refractivity contribution in [3.05, 3.63) is 30.3 Å². The quantitative estimate of drug-likeness (QED) is 0.731. The van der Waals surface area contributed by atoms with Gasteiger partial charge in [-0.3, -0.25) is 0 Å². The van der Waals surface area contributed by atoms with Crippen LogP contribution < -0.4 is 10.6 Å². The van der Waals surface area contributed by atoms with Crippen molar-refractivity contribution < 1.29 is 9.53 Å². The fourth-order valence-corrected chi connectivity index (χ4v) is 1.39. The van der Waals surface area contributed by atoms with Crippen LogP contribution in [0.25, 0.3) is 0 Å². The van der Waals surface area contributed by atoms with Gasteiger partial charge in [0, 0.05) is 25.4 Å². The lowest BCUT2D eigenvalue weighted by Gasteiger charge is -2.08. The fourth-order valence-electron chi connectivity index (χ4n) is 1.39. The van der Waals surface area contributed by atoms with Crippen LogP contribution in [-0.2, 0) is 4.74 Å². The molecule has 0 radical (unpaired) electrons. The number of anilines is 1. The van der Waals surface area contributed by atoms with E-state index in [-0.39, 0.29) is 6.03 Å². The van der Waals surface area contributed by atoms with Gasteiger partial charge < -0.3 is 15.4 Å². The smallest absolute Gasteiger partial charge is 0.319 e. The molecule has 0 saturated heterocycles. The standard InChI is InChI=1S/C14H22N2O2/c1-12(2)11-18-10-6-9-15-14(17)16-13-7-4-3-5-8-13/h3-5,7-8,12H,6,9-11H2,1-2H3,(H2,15,16,17). The Balaban J connectivity index is 2.04. The predicted octanol–water partition coefficient (Wildman–Crippen LogP) is 2.87. The Morgan fingerprint density at radius 3 is 2.67 bits per heavy atom. The Morgan fingerprint density at radius 1 is 1.28 bits per heavy atom. The van der Waals surface area contributed by atoms with Crippen molar-refractivity contribution in [1.29, 1.82) is 0 Å². The van der Waals surface area contributed by atoms with Crippen molar-refractivity contribution in [2.24, 2.45) is 5.92 Å². The van der Waals surface area contributed by atoms with E-state index in [1.807, 2.05) is 30.3 Å². The Morgan fingerprint density at radius 2 is 2.00 bits per heavy atom. The monoisotopic (exact) mass is 250 g/mol. The first-order valence-electron chi connectivity index (χ1n) is 6.36. The summed E-state index contributed by atoms with van der Waals surface area (Å²) in [6.45, 7) is 6.31. The summed E-state index contributed by atoms with van der Waals surface area (Å²) in [6.07, 6.45) is 0.828. The van der Waals surface area contributed by atoms with Crippen LogP contribution in [0.2, 0.25) is 0 Å². The number of hydrogen-bond donors (Lipinski definition) is 2. The van der Waals surface area contributed by atoms with Crippen LogP contribution >= 0.6 is 0 Å². The number of amides is 2. The SMILES string of the molecule is CC(C)COCCCNC(=O)Nc1ccccc1. The maximum atomic E-state index is 11.5. The van der Waals surface area contributed by atoms with E-state index in [9.17, 15) is 4.79 Å². The number of carbonyl (C=O) groups is 1. The molecule has 18 heavy (non-hydrogen) atoms. The van der Waals surface area contributed by atoms with E-state index in [4.69, 9.17) is 4.74 Å². The van der Waals surface area contributed by atoms with E-state index >= 15 is 0 Å². The third kappa shape index (κ3) is 6.91. The topological polar surface area (TPSA) is 50.4 Å². The lowest BCUT2D eigenvalue weighted by atomic mass is 10.2. The Kier molecular flexibility index (Phi) is 6.87. The molecule has 0 aliphatic heterocycles. The second-order valence-corrected chi connectivity index (χ2v) is 4.57. The van der Waals surface area contributed by atoms with Crippen molar-refractivity contribution in [2.45, 2.75) is 20.3 Å². The van der Waals surface area contributed by atoms with Gasteiger partial charge in [-0.15, -0.1) is 0 Å². The van der Waals surface area contributed by atoms with Crippen molar-refractivity contribution in [3.8, 4) is 0 Å². The van der Waals surface area contributed by atoms with Crippen LogP contribution in [0.15, 0.2) is 30.3 Å². The summed E-state index contributed by atoms with van der Waals surface area (Å²) >= 11 is 0. The number of para-hydroxylation sites is 1.